The molecule has 0 N–H and O–H groups in total. The van der Waals surface area contributed by atoms with E-state index in [9.17, 15) is 4.79 Å². The molecule has 0 spiro atoms. The number of rotatable bonds is 3. The minimum Gasteiger partial charge on any atom is -0.465 e. The van der Waals surface area contributed by atoms with Gasteiger partial charge < -0.3 is 14.4 Å². The van der Waals surface area contributed by atoms with E-state index in [1.54, 1.807) is 12.5 Å². The van der Waals surface area contributed by atoms with Gasteiger partial charge in [-0.05, 0) is 24.3 Å². The van der Waals surface area contributed by atoms with Gasteiger partial charge in [-0.1, -0.05) is 23.7 Å². The van der Waals surface area contributed by atoms with Gasteiger partial charge in [0.25, 0.3) is 0 Å². The molecule has 0 saturated carbocycles. The molecular formula is C22H19ClN4O3. The Morgan fingerprint density at radius 1 is 1.13 bits per heavy atom. The van der Waals surface area contributed by atoms with Crippen molar-refractivity contribution in [3.63, 3.8) is 0 Å². The lowest BCUT2D eigenvalue weighted by Crippen LogP contribution is -2.36. The van der Waals surface area contributed by atoms with Crippen LogP contribution >= 0.6 is 11.6 Å². The van der Waals surface area contributed by atoms with Crippen molar-refractivity contribution >= 4 is 45.2 Å². The number of hydrogen-bond acceptors (Lipinski definition) is 6. The van der Waals surface area contributed by atoms with Gasteiger partial charge in [0.15, 0.2) is 0 Å². The van der Waals surface area contributed by atoms with Gasteiger partial charge in [-0.25, -0.2) is 9.78 Å². The highest BCUT2D eigenvalue weighted by Gasteiger charge is 2.21. The zero-order chi connectivity index (χ0) is 20.7. The molecule has 1 fully saturated rings. The smallest absolute Gasteiger partial charge is 0.340 e. The van der Waals surface area contributed by atoms with Crippen LogP contribution in [0.3, 0.4) is 0 Å². The average molecular weight is 423 g/mol. The van der Waals surface area contributed by atoms with Crippen molar-refractivity contribution in [3.8, 4) is 5.69 Å². The molecule has 0 radical (unpaired) electrons. The number of esters is 1. The molecule has 0 atom stereocenters. The molecule has 1 aliphatic heterocycles. The summed E-state index contributed by atoms with van der Waals surface area (Å²) in [6.07, 6.45) is 3.44. The van der Waals surface area contributed by atoms with Crippen LogP contribution in [0.1, 0.15) is 10.4 Å². The molecule has 0 aliphatic carbocycles. The second-order valence-electron chi connectivity index (χ2n) is 7.03. The third-order valence-electron chi connectivity index (χ3n) is 5.38. The van der Waals surface area contributed by atoms with Crippen LogP contribution in [0.2, 0.25) is 5.02 Å². The number of imidazole rings is 1. The van der Waals surface area contributed by atoms with Crippen molar-refractivity contribution < 1.29 is 14.3 Å². The Hall–Kier alpha value is -3.16. The molecule has 1 aliphatic rings. The number of carbonyl (C=O) groups excluding carboxylic acids is 1. The summed E-state index contributed by atoms with van der Waals surface area (Å²) >= 11 is 6.35. The van der Waals surface area contributed by atoms with Gasteiger partial charge in [0, 0.05) is 30.4 Å². The zero-order valence-corrected chi connectivity index (χ0v) is 17.1. The highest BCUT2D eigenvalue weighted by Crippen LogP contribution is 2.32. The number of fused-ring (bicyclic) bond motifs is 2. The second kappa shape index (κ2) is 7.59. The molecule has 1 saturated heterocycles. The van der Waals surface area contributed by atoms with E-state index in [1.165, 1.54) is 7.11 Å². The Morgan fingerprint density at radius 3 is 2.77 bits per heavy atom. The molecule has 8 heteroatoms. The second-order valence-corrected chi connectivity index (χ2v) is 7.44. The summed E-state index contributed by atoms with van der Waals surface area (Å²) < 4.78 is 12.5. The number of anilines is 1. The molecule has 2 aromatic heterocycles. The Kier molecular flexibility index (Phi) is 4.77. The third kappa shape index (κ3) is 3.07. The van der Waals surface area contributed by atoms with Gasteiger partial charge in [-0.15, -0.1) is 0 Å². The van der Waals surface area contributed by atoms with E-state index < -0.39 is 5.97 Å². The van der Waals surface area contributed by atoms with E-state index in [0.717, 1.165) is 40.9 Å². The van der Waals surface area contributed by atoms with Gasteiger partial charge in [-0.2, -0.15) is 0 Å². The first-order valence-electron chi connectivity index (χ1n) is 9.63. The number of aromatic nitrogens is 3. The maximum Gasteiger partial charge on any atom is 0.340 e. The Morgan fingerprint density at radius 2 is 1.97 bits per heavy atom. The van der Waals surface area contributed by atoms with E-state index in [0.29, 0.717) is 29.3 Å². The normalized spacial score (nSPS) is 14.4. The first-order chi connectivity index (χ1) is 14.7. The topological polar surface area (TPSA) is 69.5 Å². The van der Waals surface area contributed by atoms with Gasteiger partial charge >= 0.3 is 5.97 Å². The fraction of sp³-hybridized carbons (Fsp3) is 0.227. The summed E-state index contributed by atoms with van der Waals surface area (Å²) in [4.78, 5) is 23.7. The molecule has 30 heavy (non-hydrogen) atoms. The van der Waals surface area contributed by atoms with Crippen LogP contribution in [0, 0.1) is 0 Å². The quantitative estimate of drug-likeness (QED) is 0.467. The first kappa shape index (κ1) is 18.8. The number of pyridine rings is 1. The van der Waals surface area contributed by atoms with Gasteiger partial charge in [0.1, 0.15) is 11.8 Å². The maximum absolute atomic E-state index is 12.5. The van der Waals surface area contributed by atoms with E-state index in [-0.39, 0.29) is 0 Å². The monoisotopic (exact) mass is 422 g/mol. The minimum atomic E-state index is -0.414. The predicted molar refractivity (Wildman–Crippen MR) is 116 cm³/mol. The van der Waals surface area contributed by atoms with Crippen LogP contribution in [0.5, 0.6) is 0 Å². The molecule has 4 aromatic rings. The van der Waals surface area contributed by atoms with Crippen molar-refractivity contribution in [2.45, 2.75) is 0 Å². The number of hydrogen-bond donors (Lipinski definition) is 0. The number of halogens is 1. The molecule has 0 amide bonds. The van der Waals surface area contributed by atoms with E-state index in [1.807, 2.05) is 34.9 Å². The van der Waals surface area contributed by atoms with Crippen LogP contribution in [0.4, 0.5) is 5.69 Å². The molecule has 0 unspecified atom stereocenters. The van der Waals surface area contributed by atoms with Gasteiger partial charge in [-0.3, -0.25) is 9.55 Å². The lowest BCUT2D eigenvalue weighted by atomic mass is 10.1. The Bertz CT molecular complexity index is 1260. The lowest BCUT2D eigenvalue weighted by molar-refractivity contribution is 0.0603. The van der Waals surface area contributed by atoms with Crippen LogP contribution in [-0.4, -0.2) is 53.9 Å². The fourth-order valence-corrected chi connectivity index (χ4v) is 4.12. The summed E-state index contributed by atoms with van der Waals surface area (Å²) in [5.41, 5.74) is 4.38. The Labute approximate surface area is 177 Å². The number of nitrogens with zero attached hydrogens (tertiary/aromatic N) is 4. The number of benzene rings is 2. The van der Waals surface area contributed by atoms with E-state index in [2.05, 4.69) is 20.9 Å². The molecule has 152 valence electrons. The largest absolute Gasteiger partial charge is 0.465 e. The highest BCUT2D eigenvalue weighted by atomic mass is 35.5. The average Bonchev–Trinajstić information content (AvgIpc) is 3.22. The minimum absolute atomic E-state index is 0.414. The number of carbonyl (C=O) groups is 1. The Balaban J connectivity index is 1.76. The predicted octanol–water partition coefficient (Wildman–Crippen LogP) is 3.85. The fourth-order valence-electron chi connectivity index (χ4n) is 3.90. The number of methoxy groups -OCH3 is 1. The summed E-state index contributed by atoms with van der Waals surface area (Å²) in [5, 5.41) is 1.49. The number of morpholine rings is 1. The van der Waals surface area contributed by atoms with Crippen LogP contribution in [0.25, 0.3) is 27.6 Å². The maximum atomic E-state index is 12.5. The van der Waals surface area contributed by atoms with E-state index in [4.69, 9.17) is 21.1 Å². The molecule has 3 heterocycles. The standard InChI is InChI=1S/C22H19ClN4O3/c1-29-22(28)16-11-14(26-7-9-30-10-8-26)12-19-21(16)25-13-27(19)18-5-6-24-20-15(18)3-2-4-17(20)23/h2-6,11-13H,7-10H2,1H3. The van der Waals surface area contributed by atoms with Crippen molar-refractivity contribution in [1.82, 2.24) is 14.5 Å². The molecule has 0 bridgehead atoms. The first-order valence-corrected chi connectivity index (χ1v) is 10.0. The van der Waals surface area contributed by atoms with Crippen molar-refractivity contribution in [2.75, 3.05) is 38.3 Å². The third-order valence-corrected chi connectivity index (χ3v) is 5.68. The molecule has 5 rings (SSSR count). The number of ether oxygens (including phenoxy) is 2. The van der Waals surface area contributed by atoms with Gasteiger partial charge in [0.2, 0.25) is 0 Å². The number of para-hydroxylation sites is 1. The molecular weight excluding hydrogens is 404 g/mol. The van der Waals surface area contributed by atoms with E-state index >= 15 is 0 Å². The molecule has 7 nitrogen and oxygen atoms in total. The molecule has 2 aromatic carbocycles. The summed E-state index contributed by atoms with van der Waals surface area (Å²) in [6.45, 7) is 2.82. The summed E-state index contributed by atoms with van der Waals surface area (Å²) in [7, 11) is 1.38. The van der Waals surface area contributed by atoms with Crippen molar-refractivity contribution in [2.24, 2.45) is 0 Å². The summed E-state index contributed by atoms with van der Waals surface area (Å²) in [5.74, 6) is -0.414. The van der Waals surface area contributed by atoms with Crippen LogP contribution in [-0.2, 0) is 9.47 Å². The summed E-state index contributed by atoms with van der Waals surface area (Å²) in [6, 6.07) is 11.5. The van der Waals surface area contributed by atoms with Crippen molar-refractivity contribution in [1.29, 1.82) is 0 Å². The highest BCUT2D eigenvalue weighted by molar-refractivity contribution is 6.35. The lowest BCUT2D eigenvalue weighted by Gasteiger charge is -2.29. The van der Waals surface area contributed by atoms with Gasteiger partial charge in [0.05, 0.1) is 47.6 Å². The van der Waals surface area contributed by atoms with Crippen molar-refractivity contribution in [3.05, 3.63) is 59.5 Å². The zero-order valence-electron chi connectivity index (χ0n) is 16.3. The SMILES string of the molecule is COC(=O)c1cc(N2CCOCC2)cc2c1ncn2-c1ccnc2c(Cl)cccc12. The van der Waals surface area contributed by atoms with Crippen LogP contribution < -0.4 is 4.90 Å². The van der Waals surface area contributed by atoms with Crippen LogP contribution in [0.15, 0.2) is 48.9 Å².